The number of pyridine rings is 3. The molecule has 0 saturated heterocycles. The molecule has 0 amide bonds. The molecule has 0 aliphatic rings. The van der Waals surface area contributed by atoms with Gasteiger partial charge in [0.15, 0.2) is 0 Å². The molecule has 0 fully saturated rings. The monoisotopic (exact) mass is 582 g/mol. The zero-order valence-corrected chi connectivity index (χ0v) is 22.4. The number of hydrogen-bond acceptors (Lipinski definition) is 8. The molecule has 0 aliphatic carbocycles. The molecule has 6 rings (SSSR count). The normalized spacial score (nSPS) is 10.8. The number of halogens is 1. The van der Waals surface area contributed by atoms with Crippen LogP contribution in [0, 0.1) is 34.0 Å². The highest BCUT2D eigenvalue weighted by Crippen LogP contribution is 2.47. The second kappa shape index (κ2) is 9.63. The van der Waals surface area contributed by atoms with Gasteiger partial charge < -0.3 is 9.84 Å². The van der Waals surface area contributed by atoms with Gasteiger partial charge in [0.2, 0.25) is 0 Å². The fourth-order valence-electron chi connectivity index (χ4n) is 4.91. The summed E-state index contributed by atoms with van der Waals surface area (Å²) in [7, 11) is 1.55. The van der Waals surface area contributed by atoms with Crippen LogP contribution in [0.15, 0.2) is 71.2 Å². The van der Waals surface area contributed by atoms with E-state index < -0.39 is 0 Å². The van der Waals surface area contributed by atoms with E-state index in [0.717, 1.165) is 15.2 Å². The summed E-state index contributed by atoms with van der Waals surface area (Å²) in [6.45, 7) is 0. The van der Waals surface area contributed by atoms with E-state index in [9.17, 15) is 20.9 Å². The summed E-state index contributed by atoms with van der Waals surface area (Å²) in [4.78, 5) is 13.6. The number of fused-ring (bicyclic) bond motifs is 3. The third kappa shape index (κ3) is 3.92. The van der Waals surface area contributed by atoms with E-state index in [-0.39, 0.29) is 22.8 Å². The number of methoxy groups -OCH3 is 1. The molecule has 0 radical (unpaired) electrons. The Balaban J connectivity index is 1.76. The smallest absolute Gasteiger partial charge is 0.141 e. The molecule has 0 unspecified atom stereocenters. The maximum Gasteiger partial charge on any atom is 0.141 e. The van der Waals surface area contributed by atoms with Gasteiger partial charge in [-0.15, -0.1) is 0 Å². The van der Waals surface area contributed by atoms with Gasteiger partial charge in [0, 0.05) is 42.9 Å². The first-order valence-corrected chi connectivity index (χ1v) is 12.7. The van der Waals surface area contributed by atoms with E-state index in [1.54, 1.807) is 61.7 Å². The number of nitrogens with zero attached hydrogens (tertiary/aromatic N) is 6. The molecule has 8 nitrogen and oxygen atoms in total. The van der Waals surface area contributed by atoms with E-state index in [0.29, 0.717) is 49.9 Å². The standard InChI is InChI=1S/C31H15BrN6O2/c1-40-20-10-16-2-3-18(14-34)37-30(16)23(11-20)29-22-7-5-19(15-35)38-31(22)24(12-27(29)39)28-21-6-4-17(13-33)36-26(21)9-8-25(28)32/h2-12,39H,1H3. The lowest BCUT2D eigenvalue weighted by molar-refractivity contribution is 0.415. The molecule has 1 N–H and O–H groups in total. The Bertz CT molecular complexity index is 2170. The van der Waals surface area contributed by atoms with Crippen molar-refractivity contribution in [3.63, 3.8) is 0 Å². The second-order valence-corrected chi connectivity index (χ2v) is 9.73. The van der Waals surface area contributed by atoms with E-state index in [1.807, 2.05) is 12.1 Å². The van der Waals surface area contributed by atoms with Crippen LogP contribution in [0.3, 0.4) is 0 Å². The average molecular weight is 583 g/mol. The SMILES string of the molecule is COc1cc(-c2c(O)cc(-c3c(Br)ccc4nc(C#N)ccc34)c3nc(C#N)ccc23)c2nc(C#N)ccc2c1. The van der Waals surface area contributed by atoms with E-state index >= 15 is 0 Å². The van der Waals surface area contributed by atoms with Crippen molar-refractivity contribution >= 4 is 48.6 Å². The first kappa shape index (κ1) is 24.8. The predicted octanol–water partition coefficient (Wildman–Crippen LogP) is 6.76. The highest BCUT2D eigenvalue weighted by molar-refractivity contribution is 9.10. The molecule has 40 heavy (non-hydrogen) atoms. The number of aromatic hydroxyl groups is 1. The van der Waals surface area contributed by atoms with Crippen molar-refractivity contribution in [1.82, 2.24) is 15.0 Å². The Hall–Kier alpha value is -5.56. The van der Waals surface area contributed by atoms with Crippen molar-refractivity contribution in [3.8, 4) is 52.0 Å². The Morgan fingerprint density at radius 1 is 0.700 bits per heavy atom. The van der Waals surface area contributed by atoms with Crippen molar-refractivity contribution in [2.24, 2.45) is 0 Å². The van der Waals surface area contributed by atoms with Crippen molar-refractivity contribution in [3.05, 3.63) is 88.3 Å². The van der Waals surface area contributed by atoms with Crippen molar-refractivity contribution in [2.75, 3.05) is 7.11 Å². The molecular weight excluding hydrogens is 568 g/mol. The zero-order valence-electron chi connectivity index (χ0n) is 20.8. The van der Waals surface area contributed by atoms with Crippen LogP contribution in [0.25, 0.3) is 55.0 Å². The number of aromatic nitrogens is 3. The van der Waals surface area contributed by atoms with E-state index in [4.69, 9.17) is 4.74 Å². The molecule has 0 aliphatic heterocycles. The minimum Gasteiger partial charge on any atom is -0.507 e. The summed E-state index contributed by atoms with van der Waals surface area (Å²) in [5.41, 5.74) is 4.53. The van der Waals surface area contributed by atoms with Crippen molar-refractivity contribution in [1.29, 1.82) is 15.8 Å². The second-order valence-electron chi connectivity index (χ2n) is 8.88. The maximum absolute atomic E-state index is 11.6. The van der Waals surface area contributed by atoms with E-state index in [1.165, 1.54) is 0 Å². The Morgan fingerprint density at radius 3 is 2.02 bits per heavy atom. The fourth-order valence-corrected chi connectivity index (χ4v) is 5.47. The van der Waals surface area contributed by atoms with Gasteiger partial charge in [0.05, 0.1) is 23.7 Å². The molecule has 0 spiro atoms. The summed E-state index contributed by atoms with van der Waals surface area (Å²) >= 11 is 3.64. The predicted molar refractivity (Wildman–Crippen MR) is 153 cm³/mol. The van der Waals surface area contributed by atoms with Crippen LogP contribution in [-0.4, -0.2) is 27.2 Å². The number of rotatable bonds is 3. The number of hydrogen-bond donors (Lipinski definition) is 1. The third-order valence-electron chi connectivity index (χ3n) is 6.66. The van der Waals surface area contributed by atoms with Crippen LogP contribution < -0.4 is 4.74 Å². The Morgan fingerprint density at radius 2 is 1.32 bits per heavy atom. The molecule has 3 aromatic heterocycles. The van der Waals surface area contributed by atoms with Crippen LogP contribution >= 0.6 is 15.9 Å². The van der Waals surface area contributed by atoms with Gasteiger partial charge in [0.1, 0.15) is 46.8 Å². The Labute approximate surface area is 236 Å². The maximum atomic E-state index is 11.6. The quantitative estimate of drug-likeness (QED) is 0.241. The van der Waals surface area contributed by atoms with Crippen LogP contribution in [0.2, 0.25) is 0 Å². The molecule has 0 saturated carbocycles. The van der Waals surface area contributed by atoms with Gasteiger partial charge >= 0.3 is 0 Å². The first-order valence-electron chi connectivity index (χ1n) is 11.9. The highest BCUT2D eigenvalue weighted by atomic mass is 79.9. The van der Waals surface area contributed by atoms with Crippen molar-refractivity contribution in [2.45, 2.75) is 0 Å². The third-order valence-corrected chi connectivity index (χ3v) is 7.32. The average Bonchev–Trinajstić information content (AvgIpc) is 2.99. The van der Waals surface area contributed by atoms with Crippen LogP contribution in [0.1, 0.15) is 17.1 Å². The molecule has 0 atom stereocenters. The number of phenolic OH excluding ortho intramolecular Hbond substituents is 1. The highest BCUT2D eigenvalue weighted by Gasteiger charge is 2.22. The summed E-state index contributed by atoms with van der Waals surface area (Å²) < 4.78 is 6.25. The largest absolute Gasteiger partial charge is 0.507 e. The molecule has 9 heteroatoms. The summed E-state index contributed by atoms with van der Waals surface area (Å²) in [6.07, 6.45) is 0. The van der Waals surface area contributed by atoms with Gasteiger partial charge in [0.25, 0.3) is 0 Å². The van der Waals surface area contributed by atoms with Gasteiger partial charge in [-0.05, 0) is 66.7 Å². The van der Waals surface area contributed by atoms with Gasteiger partial charge in [-0.3, -0.25) is 0 Å². The summed E-state index contributed by atoms with van der Waals surface area (Å²) in [5, 5.41) is 42.2. The lowest BCUT2D eigenvalue weighted by Crippen LogP contribution is -1.96. The minimum atomic E-state index is -0.0572. The summed E-state index contributed by atoms with van der Waals surface area (Å²) in [5.74, 6) is 0.488. The molecule has 3 aromatic carbocycles. The first-order chi connectivity index (χ1) is 19.4. The van der Waals surface area contributed by atoms with Crippen LogP contribution in [0.5, 0.6) is 11.5 Å². The number of phenols is 1. The molecule has 6 aromatic rings. The Kier molecular flexibility index (Phi) is 5.96. The molecule has 3 heterocycles. The van der Waals surface area contributed by atoms with Crippen molar-refractivity contribution < 1.29 is 9.84 Å². The number of nitriles is 3. The van der Waals surface area contributed by atoms with Crippen LogP contribution in [-0.2, 0) is 0 Å². The number of benzene rings is 3. The minimum absolute atomic E-state index is 0.0572. The van der Waals surface area contributed by atoms with Gasteiger partial charge in [-0.1, -0.05) is 15.9 Å². The summed E-state index contributed by atoms with van der Waals surface area (Å²) in [6, 6.07) is 25.2. The van der Waals surface area contributed by atoms with E-state index in [2.05, 4.69) is 49.1 Å². The lowest BCUT2D eigenvalue weighted by atomic mass is 9.91. The molecule has 0 bridgehead atoms. The zero-order chi connectivity index (χ0) is 28.0. The van der Waals surface area contributed by atoms with Gasteiger partial charge in [-0.2, -0.15) is 15.8 Å². The van der Waals surface area contributed by atoms with Gasteiger partial charge in [-0.25, -0.2) is 15.0 Å². The number of ether oxygens (including phenoxy) is 1. The molecular formula is C31H15BrN6O2. The lowest BCUT2D eigenvalue weighted by Gasteiger charge is -2.17. The fraction of sp³-hybridized carbons (Fsp3) is 0.0323. The topological polar surface area (TPSA) is 140 Å². The molecule has 188 valence electrons. The van der Waals surface area contributed by atoms with Crippen LogP contribution in [0.4, 0.5) is 0 Å².